The van der Waals surface area contributed by atoms with Crippen LogP contribution in [0.25, 0.3) is 0 Å². The molecule has 0 aromatic carbocycles. The van der Waals surface area contributed by atoms with Crippen LogP contribution in [0.2, 0.25) is 0 Å². The van der Waals surface area contributed by atoms with Crippen LogP contribution in [-0.2, 0) is 0 Å². The minimum absolute atomic E-state index is 0.0732. The van der Waals surface area contributed by atoms with Gasteiger partial charge in [0.2, 0.25) is 0 Å². The standard InChI is InChI=1S/C12H14N2O3/c1-3-5-8(2)14-11(15)10-9(12(16)17)6-4-7-13-10/h3-4,6-8H,1,5H2,2H3,(H,14,15)(H,16,17). The van der Waals surface area contributed by atoms with Crippen molar-refractivity contribution in [1.82, 2.24) is 10.3 Å². The summed E-state index contributed by atoms with van der Waals surface area (Å²) in [6.07, 6.45) is 3.68. The first kappa shape index (κ1) is 12.9. The summed E-state index contributed by atoms with van der Waals surface area (Å²) >= 11 is 0. The molecule has 0 fully saturated rings. The van der Waals surface area contributed by atoms with Crippen LogP contribution in [-0.4, -0.2) is 28.0 Å². The zero-order chi connectivity index (χ0) is 12.8. The summed E-state index contributed by atoms with van der Waals surface area (Å²) in [4.78, 5) is 26.5. The maximum Gasteiger partial charge on any atom is 0.338 e. The van der Waals surface area contributed by atoms with Crippen molar-refractivity contribution in [2.24, 2.45) is 0 Å². The molecule has 2 N–H and O–H groups in total. The third-order valence-corrected chi connectivity index (χ3v) is 2.15. The van der Waals surface area contributed by atoms with Gasteiger partial charge in [0, 0.05) is 12.2 Å². The number of rotatable bonds is 5. The Morgan fingerprint density at radius 3 is 2.94 bits per heavy atom. The number of pyridine rings is 1. The number of carboxylic acids is 1. The third-order valence-electron chi connectivity index (χ3n) is 2.15. The average Bonchev–Trinajstić information content (AvgIpc) is 2.29. The second-order valence-corrected chi connectivity index (χ2v) is 3.60. The summed E-state index contributed by atoms with van der Waals surface area (Å²) in [5, 5.41) is 11.6. The van der Waals surface area contributed by atoms with E-state index >= 15 is 0 Å². The molecule has 5 heteroatoms. The van der Waals surface area contributed by atoms with Crippen LogP contribution in [0.3, 0.4) is 0 Å². The third kappa shape index (κ3) is 3.41. The first-order valence-corrected chi connectivity index (χ1v) is 5.16. The number of hydrogen-bond acceptors (Lipinski definition) is 3. The van der Waals surface area contributed by atoms with Crippen molar-refractivity contribution in [3.8, 4) is 0 Å². The highest BCUT2D eigenvalue weighted by molar-refractivity contribution is 6.03. The summed E-state index contributed by atoms with van der Waals surface area (Å²) < 4.78 is 0. The minimum Gasteiger partial charge on any atom is -0.478 e. The predicted molar refractivity (Wildman–Crippen MR) is 62.9 cm³/mol. The Balaban J connectivity index is 2.89. The second-order valence-electron chi connectivity index (χ2n) is 3.60. The molecule has 0 saturated carbocycles. The Morgan fingerprint density at radius 1 is 1.65 bits per heavy atom. The van der Waals surface area contributed by atoms with Crippen molar-refractivity contribution in [3.63, 3.8) is 0 Å². The molecule has 0 spiro atoms. The van der Waals surface area contributed by atoms with E-state index < -0.39 is 11.9 Å². The number of hydrogen-bond donors (Lipinski definition) is 2. The van der Waals surface area contributed by atoms with Gasteiger partial charge in [-0.25, -0.2) is 4.79 Å². The van der Waals surface area contributed by atoms with Crippen LogP contribution in [0.5, 0.6) is 0 Å². The lowest BCUT2D eigenvalue weighted by atomic mass is 10.1. The van der Waals surface area contributed by atoms with Gasteiger partial charge in [0.25, 0.3) is 5.91 Å². The van der Waals surface area contributed by atoms with Crippen molar-refractivity contribution < 1.29 is 14.7 Å². The van der Waals surface area contributed by atoms with E-state index in [1.807, 2.05) is 6.92 Å². The van der Waals surface area contributed by atoms with Gasteiger partial charge in [0.15, 0.2) is 0 Å². The summed E-state index contributed by atoms with van der Waals surface area (Å²) in [6, 6.07) is 2.72. The highest BCUT2D eigenvalue weighted by Gasteiger charge is 2.18. The predicted octanol–water partition coefficient (Wildman–Crippen LogP) is 1.47. The largest absolute Gasteiger partial charge is 0.478 e. The van der Waals surface area contributed by atoms with Gasteiger partial charge < -0.3 is 10.4 Å². The van der Waals surface area contributed by atoms with E-state index in [2.05, 4.69) is 16.9 Å². The smallest absolute Gasteiger partial charge is 0.338 e. The van der Waals surface area contributed by atoms with Crippen molar-refractivity contribution in [2.75, 3.05) is 0 Å². The van der Waals surface area contributed by atoms with Crippen LogP contribution in [0, 0.1) is 0 Å². The lowest BCUT2D eigenvalue weighted by Gasteiger charge is -2.12. The van der Waals surface area contributed by atoms with Crippen LogP contribution in [0.1, 0.15) is 34.2 Å². The lowest BCUT2D eigenvalue weighted by Crippen LogP contribution is -2.33. The van der Waals surface area contributed by atoms with Gasteiger partial charge in [-0.3, -0.25) is 9.78 Å². The number of aromatic nitrogens is 1. The topological polar surface area (TPSA) is 79.3 Å². The fraction of sp³-hybridized carbons (Fsp3) is 0.250. The van der Waals surface area contributed by atoms with E-state index in [9.17, 15) is 9.59 Å². The number of carboxylic acid groups (broad SMARTS) is 1. The molecule has 17 heavy (non-hydrogen) atoms. The fourth-order valence-electron chi connectivity index (χ4n) is 1.36. The molecule has 1 aromatic rings. The molecule has 0 saturated heterocycles. The van der Waals surface area contributed by atoms with E-state index in [0.717, 1.165) is 0 Å². The number of amides is 1. The summed E-state index contributed by atoms with van der Waals surface area (Å²) in [7, 11) is 0. The molecule has 1 atom stereocenters. The molecule has 0 aliphatic carbocycles. The van der Waals surface area contributed by atoms with E-state index in [0.29, 0.717) is 6.42 Å². The minimum atomic E-state index is -1.17. The van der Waals surface area contributed by atoms with Crippen LogP contribution >= 0.6 is 0 Å². The molecule has 0 aliphatic heterocycles. The normalized spacial score (nSPS) is 11.6. The molecule has 1 amide bonds. The molecule has 1 aromatic heterocycles. The Kier molecular flexibility index (Phi) is 4.39. The van der Waals surface area contributed by atoms with Crippen LogP contribution in [0.4, 0.5) is 0 Å². The van der Waals surface area contributed by atoms with E-state index in [4.69, 9.17) is 5.11 Å². The first-order chi connectivity index (χ1) is 8.06. The number of aromatic carboxylic acids is 1. The van der Waals surface area contributed by atoms with Crippen molar-refractivity contribution in [3.05, 3.63) is 42.2 Å². The van der Waals surface area contributed by atoms with Crippen LogP contribution < -0.4 is 5.32 Å². The summed E-state index contributed by atoms with van der Waals surface area (Å²) in [6.45, 7) is 5.37. The van der Waals surface area contributed by atoms with Gasteiger partial charge in [-0.05, 0) is 25.5 Å². The van der Waals surface area contributed by atoms with Crippen molar-refractivity contribution >= 4 is 11.9 Å². The Bertz CT molecular complexity index is 443. The molecular formula is C12H14N2O3. The number of carbonyl (C=O) groups excluding carboxylic acids is 1. The van der Waals surface area contributed by atoms with Gasteiger partial charge >= 0.3 is 5.97 Å². The highest BCUT2D eigenvalue weighted by atomic mass is 16.4. The van der Waals surface area contributed by atoms with Gasteiger partial charge in [-0.15, -0.1) is 6.58 Å². The molecular weight excluding hydrogens is 220 g/mol. The van der Waals surface area contributed by atoms with Gasteiger partial charge in [0.1, 0.15) is 5.69 Å². The van der Waals surface area contributed by atoms with Gasteiger partial charge in [-0.1, -0.05) is 6.08 Å². The first-order valence-electron chi connectivity index (χ1n) is 5.16. The molecule has 0 aliphatic rings. The average molecular weight is 234 g/mol. The Hall–Kier alpha value is -2.17. The molecule has 1 rings (SSSR count). The zero-order valence-corrected chi connectivity index (χ0v) is 9.51. The molecule has 5 nitrogen and oxygen atoms in total. The fourth-order valence-corrected chi connectivity index (χ4v) is 1.36. The summed E-state index contributed by atoms with van der Waals surface area (Å²) in [5.74, 6) is -1.66. The van der Waals surface area contributed by atoms with E-state index in [-0.39, 0.29) is 17.3 Å². The Labute approximate surface area is 99.2 Å². The maximum atomic E-state index is 11.8. The molecule has 1 unspecified atom stereocenters. The van der Waals surface area contributed by atoms with Crippen molar-refractivity contribution in [1.29, 1.82) is 0 Å². The monoisotopic (exact) mass is 234 g/mol. The maximum absolute atomic E-state index is 11.8. The Morgan fingerprint density at radius 2 is 2.35 bits per heavy atom. The SMILES string of the molecule is C=CCC(C)NC(=O)c1ncccc1C(=O)O. The van der Waals surface area contributed by atoms with Crippen molar-refractivity contribution in [2.45, 2.75) is 19.4 Å². The quantitative estimate of drug-likeness (QED) is 0.756. The highest BCUT2D eigenvalue weighted by Crippen LogP contribution is 2.06. The molecule has 0 bridgehead atoms. The number of nitrogens with zero attached hydrogens (tertiary/aromatic N) is 1. The lowest BCUT2D eigenvalue weighted by molar-refractivity contribution is 0.0689. The van der Waals surface area contributed by atoms with E-state index in [1.165, 1.54) is 18.3 Å². The zero-order valence-electron chi connectivity index (χ0n) is 9.51. The van der Waals surface area contributed by atoms with E-state index in [1.54, 1.807) is 6.08 Å². The van der Waals surface area contributed by atoms with Gasteiger partial charge in [-0.2, -0.15) is 0 Å². The number of carbonyl (C=O) groups is 2. The van der Waals surface area contributed by atoms with Crippen LogP contribution in [0.15, 0.2) is 31.0 Å². The molecule has 0 radical (unpaired) electrons. The second kappa shape index (κ2) is 5.79. The summed E-state index contributed by atoms with van der Waals surface area (Å²) in [5.41, 5.74) is -0.174. The molecule has 1 heterocycles. The molecule has 90 valence electrons. The van der Waals surface area contributed by atoms with Gasteiger partial charge in [0.05, 0.1) is 5.56 Å². The number of nitrogens with one attached hydrogen (secondary N) is 1.